The van der Waals surface area contributed by atoms with Crippen molar-refractivity contribution in [1.29, 1.82) is 0 Å². The molecule has 0 bridgehead atoms. The third kappa shape index (κ3) is 3.58. The number of aryl methyl sites for hydroxylation is 2. The van der Waals surface area contributed by atoms with Gasteiger partial charge in [0, 0.05) is 12.1 Å². The fraction of sp³-hybridized carbons (Fsp3) is 0.647. The summed E-state index contributed by atoms with van der Waals surface area (Å²) in [5, 5.41) is 3.50. The monoisotopic (exact) mass is 260 g/mol. The van der Waals surface area contributed by atoms with Crippen molar-refractivity contribution in [3.8, 4) is 0 Å². The minimum absolute atomic E-state index is 0.503. The van der Waals surface area contributed by atoms with Crippen molar-refractivity contribution >= 4 is 0 Å². The van der Waals surface area contributed by atoms with E-state index in [4.69, 9.17) is 0 Å². The van der Waals surface area contributed by atoms with Gasteiger partial charge in [-0.25, -0.2) is 0 Å². The van der Waals surface area contributed by atoms with E-state index in [9.17, 15) is 0 Å². The van der Waals surface area contributed by atoms with Gasteiger partial charge in [0.2, 0.25) is 0 Å². The highest BCUT2D eigenvalue weighted by atomic mass is 15.2. The molecule has 2 nitrogen and oxygen atoms in total. The van der Waals surface area contributed by atoms with E-state index in [2.05, 4.69) is 56.2 Å². The first-order valence-electron chi connectivity index (χ1n) is 7.59. The third-order valence-electron chi connectivity index (χ3n) is 4.61. The Bertz CT molecular complexity index is 406. The first kappa shape index (κ1) is 14.5. The summed E-state index contributed by atoms with van der Waals surface area (Å²) in [5.74, 6) is 0. The highest BCUT2D eigenvalue weighted by molar-refractivity contribution is 5.32. The summed E-state index contributed by atoms with van der Waals surface area (Å²) in [6, 6.07) is 8.06. The van der Waals surface area contributed by atoms with E-state index in [1.54, 1.807) is 0 Å². The Balaban J connectivity index is 2.10. The predicted octanol–water partition coefficient (Wildman–Crippen LogP) is 3.44. The van der Waals surface area contributed by atoms with E-state index in [0.29, 0.717) is 12.1 Å². The quantitative estimate of drug-likeness (QED) is 0.895. The molecule has 1 fully saturated rings. The van der Waals surface area contributed by atoms with Crippen LogP contribution >= 0.6 is 0 Å². The molecule has 0 saturated carbocycles. The van der Waals surface area contributed by atoms with Gasteiger partial charge in [0.15, 0.2) is 0 Å². The van der Waals surface area contributed by atoms with Gasteiger partial charge in [-0.1, -0.05) is 23.8 Å². The van der Waals surface area contributed by atoms with Crippen LogP contribution < -0.4 is 5.32 Å². The van der Waals surface area contributed by atoms with Gasteiger partial charge in [-0.3, -0.25) is 4.90 Å². The molecule has 1 aromatic carbocycles. The Morgan fingerprint density at radius 1 is 1.21 bits per heavy atom. The molecule has 106 valence electrons. The topological polar surface area (TPSA) is 15.3 Å². The second-order valence-corrected chi connectivity index (χ2v) is 6.04. The molecule has 19 heavy (non-hydrogen) atoms. The minimum Gasteiger partial charge on any atom is -0.317 e. The number of rotatable bonds is 3. The molecule has 1 heterocycles. The van der Waals surface area contributed by atoms with Crippen molar-refractivity contribution in [2.75, 3.05) is 20.1 Å². The van der Waals surface area contributed by atoms with Crippen molar-refractivity contribution in [2.24, 2.45) is 0 Å². The maximum atomic E-state index is 3.50. The summed E-state index contributed by atoms with van der Waals surface area (Å²) in [4.78, 5) is 2.57. The van der Waals surface area contributed by atoms with Crippen LogP contribution in [-0.2, 0) is 0 Å². The number of hydrogen-bond donors (Lipinski definition) is 1. The first-order valence-corrected chi connectivity index (χ1v) is 7.59. The standard InChI is InChI=1S/C17H28N2/c1-13-7-8-17(14(2)12-13)15(3)19(4)16-6-5-10-18-11-9-16/h7-8,12,15-16,18H,5-6,9-11H2,1-4H3. The average molecular weight is 260 g/mol. The van der Waals surface area contributed by atoms with E-state index in [1.807, 2.05) is 0 Å². The van der Waals surface area contributed by atoms with Crippen molar-refractivity contribution in [3.05, 3.63) is 34.9 Å². The van der Waals surface area contributed by atoms with Crippen molar-refractivity contribution in [1.82, 2.24) is 10.2 Å². The highest BCUT2D eigenvalue weighted by Gasteiger charge is 2.22. The van der Waals surface area contributed by atoms with Crippen LogP contribution in [0.2, 0.25) is 0 Å². The van der Waals surface area contributed by atoms with E-state index in [-0.39, 0.29) is 0 Å². The molecule has 1 aliphatic heterocycles. The Kier molecular flexibility index (Phi) is 5.00. The average Bonchev–Trinajstić information content (AvgIpc) is 2.66. The lowest BCUT2D eigenvalue weighted by atomic mass is 9.97. The third-order valence-corrected chi connectivity index (χ3v) is 4.61. The molecular weight excluding hydrogens is 232 g/mol. The van der Waals surface area contributed by atoms with Crippen LogP contribution in [0, 0.1) is 13.8 Å². The van der Waals surface area contributed by atoms with Crippen LogP contribution in [0.15, 0.2) is 18.2 Å². The molecule has 2 unspecified atom stereocenters. The van der Waals surface area contributed by atoms with Gasteiger partial charge in [-0.15, -0.1) is 0 Å². The Labute approximate surface area is 118 Å². The lowest BCUT2D eigenvalue weighted by Gasteiger charge is -2.33. The predicted molar refractivity (Wildman–Crippen MR) is 82.6 cm³/mol. The normalized spacial score (nSPS) is 22.3. The Morgan fingerprint density at radius 3 is 2.74 bits per heavy atom. The molecule has 2 heteroatoms. The lowest BCUT2D eigenvalue weighted by Crippen LogP contribution is -2.34. The molecule has 2 rings (SSSR count). The molecule has 0 radical (unpaired) electrons. The second-order valence-electron chi connectivity index (χ2n) is 6.04. The van der Waals surface area contributed by atoms with Gasteiger partial charge in [-0.2, -0.15) is 0 Å². The van der Waals surface area contributed by atoms with Gasteiger partial charge in [0.1, 0.15) is 0 Å². The fourth-order valence-electron chi connectivity index (χ4n) is 3.24. The molecule has 0 aliphatic carbocycles. The van der Waals surface area contributed by atoms with Crippen LogP contribution in [0.4, 0.5) is 0 Å². The molecule has 0 spiro atoms. The summed E-state index contributed by atoms with van der Waals surface area (Å²) < 4.78 is 0. The largest absolute Gasteiger partial charge is 0.317 e. The van der Waals surface area contributed by atoms with Gasteiger partial charge in [0.05, 0.1) is 0 Å². The summed E-state index contributed by atoms with van der Waals surface area (Å²) >= 11 is 0. The van der Waals surface area contributed by atoms with E-state index >= 15 is 0 Å². The molecule has 0 amide bonds. The number of benzene rings is 1. The zero-order valence-electron chi connectivity index (χ0n) is 12.9. The molecular formula is C17H28N2. The summed E-state index contributed by atoms with van der Waals surface area (Å²) in [5.41, 5.74) is 4.26. The maximum Gasteiger partial charge on any atom is 0.0322 e. The molecule has 1 N–H and O–H groups in total. The fourth-order valence-corrected chi connectivity index (χ4v) is 3.24. The number of hydrogen-bond acceptors (Lipinski definition) is 2. The van der Waals surface area contributed by atoms with Gasteiger partial charge >= 0.3 is 0 Å². The smallest absolute Gasteiger partial charge is 0.0322 e. The number of nitrogens with zero attached hydrogens (tertiary/aromatic N) is 1. The minimum atomic E-state index is 0.503. The highest BCUT2D eigenvalue weighted by Crippen LogP contribution is 2.27. The van der Waals surface area contributed by atoms with E-state index < -0.39 is 0 Å². The molecule has 0 aromatic heterocycles. The van der Waals surface area contributed by atoms with Crippen molar-refractivity contribution in [3.63, 3.8) is 0 Å². The van der Waals surface area contributed by atoms with Crippen LogP contribution in [0.1, 0.15) is 48.9 Å². The zero-order valence-corrected chi connectivity index (χ0v) is 12.9. The van der Waals surface area contributed by atoms with Crippen LogP contribution in [0.3, 0.4) is 0 Å². The van der Waals surface area contributed by atoms with Crippen LogP contribution in [0.25, 0.3) is 0 Å². The maximum absolute atomic E-state index is 3.50. The molecule has 1 aromatic rings. The molecule has 1 aliphatic rings. The summed E-state index contributed by atoms with van der Waals surface area (Å²) in [6.07, 6.45) is 3.89. The van der Waals surface area contributed by atoms with Crippen LogP contribution in [-0.4, -0.2) is 31.1 Å². The Hall–Kier alpha value is -0.860. The molecule has 2 atom stereocenters. The van der Waals surface area contributed by atoms with Crippen LogP contribution in [0.5, 0.6) is 0 Å². The first-order chi connectivity index (χ1) is 9.09. The SMILES string of the molecule is Cc1ccc(C(C)N(C)C2CCCNCC2)c(C)c1. The lowest BCUT2D eigenvalue weighted by molar-refractivity contribution is 0.171. The summed E-state index contributed by atoms with van der Waals surface area (Å²) in [6.45, 7) is 9.09. The zero-order chi connectivity index (χ0) is 13.8. The van der Waals surface area contributed by atoms with E-state index in [0.717, 1.165) is 6.54 Å². The van der Waals surface area contributed by atoms with Gasteiger partial charge in [-0.05, 0) is 71.3 Å². The molecule has 1 saturated heterocycles. The Morgan fingerprint density at radius 2 is 2.00 bits per heavy atom. The van der Waals surface area contributed by atoms with Gasteiger partial charge < -0.3 is 5.32 Å². The number of nitrogens with one attached hydrogen (secondary N) is 1. The van der Waals surface area contributed by atoms with Crippen molar-refractivity contribution in [2.45, 2.75) is 52.1 Å². The van der Waals surface area contributed by atoms with Crippen molar-refractivity contribution < 1.29 is 0 Å². The van der Waals surface area contributed by atoms with E-state index in [1.165, 1.54) is 42.5 Å². The van der Waals surface area contributed by atoms with Gasteiger partial charge in [0.25, 0.3) is 0 Å². The second kappa shape index (κ2) is 6.53. The summed E-state index contributed by atoms with van der Waals surface area (Å²) in [7, 11) is 2.29.